The molecule has 1 heterocycles. The lowest BCUT2D eigenvalue weighted by atomic mass is 9.99. The van der Waals surface area contributed by atoms with Crippen LogP contribution in [0.3, 0.4) is 0 Å². The van der Waals surface area contributed by atoms with Crippen LogP contribution < -0.4 is 10.5 Å². The second-order valence-corrected chi connectivity index (χ2v) is 4.97. The molecule has 0 spiro atoms. The first kappa shape index (κ1) is 12.2. The van der Waals surface area contributed by atoms with E-state index in [-0.39, 0.29) is 18.5 Å². The van der Waals surface area contributed by atoms with Gasteiger partial charge in [-0.1, -0.05) is 12.1 Å². The first-order valence-corrected chi connectivity index (χ1v) is 6.46. The van der Waals surface area contributed by atoms with E-state index in [1.165, 1.54) is 11.6 Å². The maximum atomic E-state index is 13.5. The summed E-state index contributed by atoms with van der Waals surface area (Å²) in [7, 11) is 0. The highest BCUT2D eigenvalue weighted by molar-refractivity contribution is 5.67. The first-order chi connectivity index (χ1) is 9.17. The molecule has 2 N–H and O–H groups in total. The molecule has 19 heavy (non-hydrogen) atoms. The van der Waals surface area contributed by atoms with Crippen LogP contribution in [0.15, 0.2) is 36.4 Å². The Kier molecular flexibility index (Phi) is 2.99. The number of fused-ring (bicyclic) bond motifs is 1. The highest BCUT2D eigenvalue weighted by Gasteiger charge is 2.19. The van der Waals surface area contributed by atoms with Crippen molar-refractivity contribution in [1.82, 2.24) is 0 Å². The molecule has 0 radical (unpaired) electrons. The van der Waals surface area contributed by atoms with Crippen molar-refractivity contribution in [2.45, 2.75) is 26.0 Å². The average molecular weight is 257 g/mol. The van der Waals surface area contributed by atoms with E-state index in [1.807, 2.05) is 18.2 Å². The molecular weight excluding hydrogens is 241 g/mol. The molecular formula is C16H16FNO. The third kappa shape index (κ3) is 2.22. The Labute approximate surface area is 112 Å². The van der Waals surface area contributed by atoms with Gasteiger partial charge >= 0.3 is 0 Å². The highest BCUT2D eigenvalue weighted by atomic mass is 19.1. The summed E-state index contributed by atoms with van der Waals surface area (Å²) in [6.07, 6.45) is 1.16. The molecule has 0 aromatic heterocycles. The minimum absolute atomic E-state index is 0.213. The molecule has 0 saturated carbocycles. The normalized spacial score (nSPS) is 17.1. The van der Waals surface area contributed by atoms with Gasteiger partial charge in [0.1, 0.15) is 17.7 Å². The van der Waals surface area contributed by atoms with Crippen LogP contribution >= 0.6 is 0 Å². The number of rotatable bonds is 2. The molecule has 1 atom stereocenters. The Morgan fingerprint density at radius 1 is 1.21 bits per heavy atom. The fourth-order valence-corrected chi connectivity index (χ4v) is 2.51. The monoisotopic (exact) mass is 257 g/mol. The predicted molar refractivity (Wildman–Crippen MR) is 73.5 cm³/mol. The van der Waals surface area contributed by atoms with Gasteiger partial charge in [-0.2, -0.15) is 0 Å². The molecule has 2 nitrogen and oxygen atoms in total. The maximum absolute atomic E-state index is 13.5. The van der Waals surface area contributed by atoms with Crippen molar-refractivity contribution in [1.29, 1.82) is 0 Å². The molecule has 0 fully saturated rings. The summed E-state index contributed by atoms with van der Waals surface area (Å²) < 4.78 is 19.1. The number of hydrogen-bond donors (Lipinski definition) is 1. The summed E-state index contributed by atoms with van der Waals surface area (Å²) in [5.41, 5.74) is 9.37. The van der Waals surface area contributed by atoms with Crippen molar-refractivity contribution in [2.24, 2.45) is 5.73 Å². The van der Waals surface area contributed by atoms with Crippen LogP contribution in [0.1, 0.15) is 18.1 Å². The van der Waals surface area contributed by atoms with Crippen molar-refractivity contribution in [3.05, 3.63) is 53.3 Å². The lowest BCUT2D eigenvalue weighted by Gasteiger charge is -2.07. The summed E-state index contributed by atoms with van der Waals surface area (Å²) in [6.45, 7) is 2.27. The van der Waals surface area contributed by atoms with Crippen molar-refractivity contribution in [2.75, 3.05) is 0 Å². The molecule has 3 rings (SSSR count). The molecule has 2 aromatic rings. The number of hydrogen-bond acceptors (Lipinski definition) is 2. The van der Waals surface area contributed by atoms with E-state index < -0.39 is 0 Å². The lowest BCUT2D eigenvalue weighted by Crippen LogP contribution is -2.05. The lowest BCUT2D eigenvalue weighted by molar-refractivity contribution is 0.254. The zero-order valence-corrected chi connectivity index (χ0v) is 10.8. The fraction of sp³-hybridized carbons (Fsp3) is 0.250. The van der Waals surface area contributed by atoms with Gasteiger partial charge in [-0.05, 0) is 47.9 Å². The van der Waals surface area contributed by atoms with E-state index >= 15 is 0 Å². The van der Waals surface area contributed by atoms with Crippen LogP contribution in [0.25, 0.3) is 11.1 Å². The SMILES string of the molecule is CC1Cc2cc(-c3ccc(F)c(CN)c3)ccc2O1. The molecule has 0 saturated heterocycles. The van der Waals surface area contributed by atoms with Gasteiger partial charge in [0, 0.05) is 18.5 Å². The number of benzene rings is 2. The van der Waals surface area contributed by atoms with Gasteiger partial charge < -0.3 is 10.5 Å². The van der Waals surface area contributed by atoms with Crippen LogP contribution in [0, 0.1) is 5.82 Å². The number of nitrogens with two attached hydrogens (primary N) is 1. The summed E-state index contributed by atoms with van der Waals surface area (Å²) in [5.74, 6) is 0.710. The van der Waals surface area contributed by atoms with Crippen LogP contribution in [-0.2, 0) is 13.0 Å². The van der Waals surface area contributed by atoms with Crippen molar-refractivity contribution in [3.8, 4) is 16.9 Å². The van der Waals surface area contributed by atoms with E-state index in [0.717, 1.165) is 23.3 Å². The van der Waals surface area contributed by atoms with Gasteiger partial charge in [0.25, 0.3) is 0 Å². The van der Waals surface area contributed by atoms with E-state index in [4.69, 9.17) is 10.5 Å². The summed E-state index contributed by atoms with van der Waals surface area (Å²) in [4.78, 5) is 0. The maximum Gasteiger partial charge on any atom is 0.127 e. The molecule has 0 bridgehead atoms. The molecule has 0 aliphatic carbocycles. The van der Waals surface area contributed by atoms with Crippen molar-refractivity contribution < 1.29 is 9.13 Å². The van der Waals surface area contributed by atoms with Crippen molar-refractivity contribution in [3.63, 3.8) is 0 Å². The Balaban J connectivity index is 2.01. The van der Waals surface area contributed by atoms with E-state index in [0.29, 0.717) is 5.56 Å². The zero-order valence-electron chi connectivity index (χ0n) is 10.8. The van der Waals surface area contributed by atoms with Gasteiger partial charge in [0.2, 0.25) is 0 Å². The molecule has 98 valence electrons. The molecule has 3 heteroatoms. The first-order valence-electron chi connectivity index (χ1n) is 6.46. The second-order valence-electron chi connectivity index (χ2n) is 4.97. The molecule has 1 aliphatic rings. The third-order valence-corrected chi connectivity index (χ3v) is 3.49. The average Bonchev–Trinajstić information content (AvgIpc) is 2.78. The highest BCUT2D eigenvalue weighted by Crippen LogP contribution is 2.33. The Morgan fingerprint density at radius 2 is 1.95 bits per heavy atom. The van der Waals surface area contributed by atoms with Gasteiger partial charge in [0.05, 0.1) is 0 Å². The molecule has 2 aromatic carbocycles. The quantitative estimate of drug-likeness (QED) is 0.896. The Bertz CT molecular complexity index is 624. The minimum Gasteiger partial charge on any atom is -0.490 e. The summed E-state index contributed by atoms with van der Waals surface area (Å²) >= 11 is 0. The van der Waals surface area contributed by atoms with Crippen LogP contribution in [-0.4, -0.2) is 6.10 Å². The molecule has 0 amide bonds. The van der Waals surface area contributed by atoms with E-state index in [9.17, 15) is 4.39 Å². The van der Waals surface area contributed by atoms with Crippen LogP contribution in [0.4, 0.5) is 4.39 Å². The molecule has 1 unspecified atom stereocenters. The van der Waals surface area contributed by atoms with Crippen LogP contribution in [0.5, 0.6) is 5.75 Å². The van der Waals surface area contributed by atoms with Gasteiger partial charge in [-0.15, -0.1) is 0 Å². The van der Waals surface area contributed by atoms with Gasteiger partial charge in [0.15, 0.2) is 0 Å². The molecule has 1 aliphatic heterocycles. The standard InChI is InChI=1S/C16H16FNO/c1-10-6-13-7-12(3-5-16(13)19-10)11-2-4-15(17)14(8-11)9-18/h2-5,7-8,10H,6,9,18H2,1H3. The smallest absolute Gasteiger partial charge is 0.127 e. The van der Waals surface area contributed by atoms with Gasteiger partial charge in [-0.25, -0.2) is 4.39 Å². The Hall–Kier alpha value is -1.87. The zero-order chi connectivity index (χ0) is 13.4. The van der Waals surface area contributed by atoms with Gasteiger partial charge in [-0.3, -0.25) is 0 Å². The topological polar surface area (TPSA) is 35.2 Å². The van der Waals surface area contributed by atoms with E-state index in [1.54, 1.807) is 6.07 Å². The van der Waals surface area contributed by atoms with Crippen molar-refractivity contribution >= 4 is 0 Å². The van der Waals surface area contributed by atoms with Crippen LogP contribution in [0.2, 0.25) is 0 Å². The predicted octanol–water partition coefficient (Wildman–Crippen LogP) is 3.27. The number of ether oxygens (including phenoxy) is 1. The second kappa shape index (κ2) is 4.67. The summed E-state index contributed by atoms with van der Waals surface area (Å²) in [6, 6.07) is 11.2. The Morgan fingerprint density at radius 3 is 2.74 bits per heavy atom. The fourth-order valence-electron chi connectivity index (χ4n) is 2.51. The number of halogens is 1. The largest absolute Gasteiger partial charge is 0.490 e. The van der Waals surface area contributed by atoms with E-state index in [2.05, 4.69) is 13.0 Å². The summed E-state index contributed by atoms with van der Waals surface area (Å²) in [5, 5.41) is 0. The minimum atomic E-state index is -0.246. The third-order valence-electron chi connectivity index (χ3n) is 3.49.